The van der Waals surface area contributed by atoms with Gasteiger partial charge in [-0.25, -0.2) is 4.98 Å². The molecule has 30 heavy (non-hydrogen) atoms. The van der Waals surface area contributed by atoms with E-state index < -0.39 is 0 Å². The number of hydrogen-bond donors (Lipinski definition) is 3. The van der Waals surface area contributed by atoms with Crippen molar-refractivity contribution in [1.29, 1.82) is 0 Å². The normalized spacial score (nSPS) is 15.7. The van der Waals surface area contributed by atoms with Gasteiger partial charge in [-0.2, -0.15) is 0 Å². The number of imidazole rings is 1. The van der Waals surface area contributed by atoms with Gasteiger partial charge in [-0.15, -0.1) is 0 Å². The van der Waals surface area contributed by atoms with Gasteiger partial charge in [0.25, 0.3) is 5.91 Å². The van der Waals surface area contributed by atoms with Crippen LogP contribution in [0, 0.1) is 0 Å². The molecule has 0 radical (unpaired) electrons. The first-order valence-electron chi connectivity index (χ1n) is 10.8. The Balaban J connectivity index is 1.47. The highest BCUT2D eigenvalue weighted by atomic mass is 16.1. The van der Waals surface area contributed by atoms with Gasteiger partial charge in [0, 0.05) is 17.2 Å². The molecule has 4 rings (SSSR count). The van der Waals surface area contributed by atoms with Gasteiger partial charge in [-0.1, -0.05) is 56.7 Å². The van der Waals surface area contributed by atoms with Crippen molar-refractivity contribution >= 4 is 29.0 Å². The molecule has 3 N–H and O–H groups in total. The maximum absolute atomic E-state index is 12.7. The Kier molecular flexibility index (Phi) is 6.42. The third kappa shape index (κ3) is 4.70. The average molecular weight is 405 g/mol. The Morgan fingerprint density at radius 1 is 0.967 bits per heavy atom. The summed E-state index contributed by atoms with van der Waals surface area (Å²) in [6, 6.07) is 13.3. The fraction of sp³-hybridized carbons (Fsp3) is 0.375. The predicted molar refractivity (Wildman–Crippen MR) is 119 cm³/mol. The van der Waals surface area contributed by atoms with Gasteiger partial charge in [-0.05, 0) is 37.1 Å². The summed E-state index contributed by atoms with van der Waals surface area (Å²) in [7, 11) is 0. The number of amides is 2. The van der Waals surface area contributed by atoms with Crippen molar-refractivity contribution < 1.29 is 9.59 Å². The van der Waals surface area contributed by atoms with E-state index in [2.05, 4.69) is 20.6 Å². The molecule has 0 saturated heterocycles. The molecule has 1 aliphatic rings. The van der Waals surface area contributed by atoms with Gasteiger partial charge in [0.1, 0.15) is 5.82 Å². The lowest BCUT2D eigenvalue weighted by atomic mass is 10.0. The number of aromatic amines is 1. The topological polar surface area (TPSA) is 86.9 Å². The second-order valence-electron chi connectivity index (χ2n) is 7.99. The molecule has 3 aromatic rings. The molecule has 0 aliphatic heterocycles. The molecule has 0 unspecified atom stereocenters. The van der Waals surface area contributed by atoms with Crippen LogP contribution in [0.15, 0.2) is 42.5 Å². The first-order valence-corrected chi connectivity index (χ1v) is 10.8. The van der Waals surface area contributed by atoms with Crippen molar-refractivity contribution in [3.63, 3.8) is 0 Å². The average Bonchev–Trinajstić information content (AvgIpc) is 3.25. The molecular weight excluding hydrogens is 376 g/mol. The zero-order valence-electron chi connectivity index (χ0n) is 17.1. The van der Waals surface area contributed by atoms with Crippen LogP contribution in [0.3, 0.4) is 0 Å². The van der Waals surface area contributed by atoms with Gasteiger partial charge in [0.2, 0.25) is 6.41 Å². The van der Waals surface area contributed by atoms with Crippen LogP contribution in [0.2, 0.25) is 0 Å². The van der Waals surface area contributed by atoms with Crippen LogP contribution in [0.1, 0.15) is 61.7 Å². The zero-order valence-corrected chi connectivity index (χ0v) is 17.1. The van der Waals surface area contributed by atoms with Crippen molar-refractivity contribution in [3.05, 3.63) is 48.0 Å². The van der Waals surface area contributed by atoms with Crippen molar-refractivity contribution in [1.82, 2.24) is 15.3 Å². The number of hydrogen-bond acceptors (Lipinski definition) is 3. The van der Waals surface area contributed by atoms with Crippen LogP contribution in [0.25, 0.3) is 22.4 Å². The summed E-state index contributed by atoms with van der Waals surface area (Å²) in [5.41, 5.74) is 3.80. The second-order valence-corrected chi connectivity index (χ2v) is 7.99. The Labute approximate surface area is 176 Å². The Bertz CT molecular complexity index is 1000. The number of anilines is 1. The zero-order chi connectivity index (χ0) is 20.8. The molecule has 156 valence electrons. The van der Waals surface area contributed by atoms with Gasteiger partial charge in [0.15, 0.2) is 0 Å². The SMILES string of the molecule is O=CNc1cccc2nc(-c3ccc(C(=O)NC4CCCCCCCC4)cc3)[nH]c12. The van der Waals surface area contributed by atoms with E-state index in [1.54, 1.807) is 0 Å². The minimum Gasteiger partial charge on any atom is -0.349 e. The standard InChI is InChI=1S/C24H28N4O2/c29-16-25-20-10-7-11-21-22(20)28-23(27-21)17-12-14-18(15-13-17)24(30)26-19-8-5-3-1-2-4-6-9-19/h7,10-16,19H,1-6,8-9H2,(H,25,29)(H,26,30)(H,27,28). The molecule has 2 aromatic carbocycles. The summed E-state index contributed by atoms with van der Waals surface area (Å²) in [6.45, 7) is 0. The van der Waals surface area contributed by atoms with E-state index in [4.69, 9.17) is 0 Å². The van der Waals surface area contributed by atoms with Crippen LogP contribution < -0.4 is 10.6 Å². The minimum absolute atomic E-state index is 0.00660. The fourth-order valence-corrected chi connectivity index (χ4v) is 4.18. The molecule has 0 bridgehead atoms. The number of carbonyl (C=O) groups excluding carboxylic acids is 2. The molecule has 1 fully saturated rings. The van der Waals surface area contributed by atoms with Gasteiger partial charge < -0.3 is 15.6 Å². The second kappa shape index (κ2) is 9.57. The molecule has 1 aromatic heterocycles. The fourth-order valence-electron chi connectivity index (χ4n) is 4.18. The van der Waals surface area contributed by atoms with Gasteiger partial charge in [0.05, 0.1) is 16.7 Å². The van der Waals surface area contributed by atoms with Crippen molar-refractivity contribution in [3.8, 4) is 11.4 Å². The number of rotatable bonds is 5. The van der Waals surface area contributed by atoms with Crippen molar-refractivity contribution in [2.75, 3.05) is 5.32 Å². The van der Waals surface area contributed by atoms with E-state index in [0.717, 1.165) is 29.4 Å². The van der Waals surface area contributed by atoms with Crippen LogP contribution in [0.4, 0.5) is 5.69 Å². The maximum atomic E-state index is 12.7. The third-order valence-electron chi connectivity index (χ3n) is 5.84. The molecule has 0 spiro atoms. The third-order valence-corrected chi connectivity index (χ3v) is 5.84. The molecule has 6 nitrogen and oxygen atoms in total. The van der Waals surface area contributed by atoms with Gasteiger partial charge in [-0.3, -0.25) is 9.59 Å². The lowest BCUT2D eigenvalue weighted by Crippen LogP contribution is -2.34. The summed E-state index contributed by atoms with van der Waals surface area (Å²) in [5, 5.41) is 5.91. The molecule has 0 atom stereocenters. The molecule has 6 heteroatoms. The lowest BCUT2D eigenvalue weighted by Gasteiger charge is -2.18. The number of nitrogens with one attached hydrogen (secondary N) is 3. The molecule has 1 saturated carbocycles. The number of aromatic nitrogens is 2. The number of benzene rings is 2. The van der Waals surface area contributed by atoms with E-state index in [-0.39, 0.29) is 11.9 Å². The quantitative estimate of drug-likeness (QED) is 0.521. The van der Waals surface area contributed by atoms with E-state index in [9.17, 15) is 9.59 Å². The van der Waals surface area contributed by atoms with E-state index in [1.807, 2.05) is 42.5 Å². The summed E-state index contributed by atoms with van der Waals surface area (Å²) in [5.74, 6) is 0.696. The monoisotopic (exact) mass is 404 g/mol. The predicted octanol–water partition coefficient (Wildman–Crippen LogP) is 5.03. The summed E-state index contributed by atoms with van der Waals surface area (Å²) < 4.78 is 0. The number of para-hydroxylation sites is 1. The first kappa shape index (κ1) is 20.1. The number of fused-ring (bicyclic) bond motifs is 1. The molecule has 1 aliphatic carbocycles. The Morgan fingerprint density at radius 2 is 1.67 bits per heavy atom. The number of carbonyl (C=O) groups is 2. The van der Waals surface area contributed by atoms with Crippen molar-refractivity contribution in [2.24, 2.45) is 0 Å². The highest BCUT2D eigenvalue weighted by Crippen LogP contribution is 2.26. The van der Waals surface area contributed by atoms with Crippen LogP contribution in [-0.2, 0) is 4.79 Å². The largest absolute Gasteiger partial charge is 0.349 e. The molecule has 2 amide bonds. The Hall–Kier alpha value is -3.15. The first-order chi connectivity index (χ1) is 14.7. The van der Waals surface area contributed by atoms with Crippen molar-refractivity contribution in [2.45, 2.75) is 57.4 Å². The molecule has 1 heterocycles. The van der Waals surface area contributed by atoms with E-state index in [0.29, 0.717) is 23.5 Å². The smallest absolute Gasteiger partial charge is 0.251 e. The highest BCUT2D eigenvalue weighted by Gasteiger charge is 2.15. The Morgan fingerprint density at radius 3 is 2.37 bits per heavy atom. The lowest BCUT2D eigenvalue weighted by molar-refractivity contribution is -0.105. The van der Waals surface area contributed by atoms with E-state index >= 15 is 0 Å². The van der Waals surface area contributed by atoms with Gasteiger partial charge >= 0.3 is 0 Å². The summed E-state index contributed by atoms with van der Waals surface area (Å²) in [6.07, 6.45) is 10.3. The van der Waals surface area contributed by atoms with E-state index in [1.165, 1.54) is 38.5 Å². The number of nitrogens with zero attached hydrogens (tertiary/aromatic N) is 1. The minimum atomic E-state index is -0.00660. The van der Waals surface area contributed by atoms with Crippen LogP contribution >= 0.6 is 0 Å². The number of H-pyrrole nitrogens is 1. The summed E-state index contributed by atoms with van der Waals surface area (Å²) >= 11 is 0. The van der Waals surface area contributed by atoms with Crippen LogP contribution in [0.5, 0.6) is 0 Å². The van der Waals surface area contributed by atoms with Crippen LogP contribution in [-0.4, -0.2) is 28.3 Å². The highest BCUT2D eigenvalue weighted by molar-refractivity contribution is 5.96. The molecular formula is C24H28N4O2. The maximum Gasteiger partial charge on any atom is 0.251 e. The summed E-state index contributed by atoms with van der Waals surface area (Å²) in [4.78, 5) is 31.4.